The number of ether oxygens (including phenoxy) is 1. The van der Waals surface area contributed by atoms with Gasteiger partial charge < -0.3 is 4.74 Å². The van der Waals surface area contributed by atoms with Gasteiger partial charge in [-0.15, -0.1) is 0 Å². The smallest absolute Gasteiger partial charge is 0.313 e. The number of carbonyl (C=O) groups excluding carboxylic acids is 2. The predicted molar refractivity (Wildman–Crippen MR) is 68.8 cm³/mol. The minimum Gasteiger partial charge on any atom is -0.459 e. The minimum absolute atomic E-state index is 0.102. The summed E-state index contributed by atoms with van der Waals surface area (Å²) in [6.45, 7) is 7.65. The van der Waals surface area contributed by atoms with Gasteiger partial charge >= 0.3 is 5.97 Å². The second-order valence-corrected chi connectivity index (χ2v) is 4.70. The molecule has 0 aliphatic rings. The predicted octanol–water partition coefficient (Wildman–Crippen LogP) is 3.65. The van der Waals surface area contributed by atoms with Crippen LogP contribution in [0.1, 0.15) is 72.6 Å². The van der Waals surface area contributed by atoms with Crippen LogP contribution in [-0.2, 0) is 14.3 Å². The standard InChI is InChI=1S/C14H26O3/c1-5-8-9-10-14(6-2,7-3)17-13(16)11-12(4)15/h5-11H2,1-4H3. The first-order chi connectivity index (χ1) is 7.99. The molecule has 3 heteroatoms. The highest BCUT2D eigenvalue weighted by Crippen LogP contribution is 2.28. The van der Waals surface area contributed by atoms with Crippen molar-refractivity contribution < 1.29 is 14.3 Å². The van der Waals surface area contributed by atoms with E-state index in [4.69, 9.17) is 4.74 Å². The molecule has 0 aliphatic heterocycles. The maximum atomic E-state index is 11.6. The van der Waals surface area contributed by atoms with Crippen molar-refractivity contribution in [1.82, 2.24) is 0 Å². The van der Waals surface area contributed by atoms with Crippen LogP contribution in [-0.4, -0.2) is 17.4 Å². The maximum Gasteiger partial charge on any atom is 0.313 e. The van der Waals surface area contributed by atoms with Crippen molar-refractivity contribution in [1.29, 1.82) is 0 Å². The molecule has 0 aromatic heterocycles. The van der Waals surface area contributed by atoms with Crippen molar-refractivity contribution in [2.45, 2.75) is 78.2 Å². The first kappa shape index (κ1) is 16.1. The molecule has 0 aromatic rings. The van der Waals surface area contributed by atoms with Gasteiger partial charge in [0.25, 0.3) is 0 Å². The van der Waals surface area contributed by atoms with E-state index < -0.39 is 0 Å². The molecule has 0 fully saturated rings. The number of hydrogen-bond acceptors (Lipinski definition) is 3. The van der Waals surface area contributed by atoms with Crippen LogP contribution in [0, 0.1) is 0 Å². The lowest BCUT2D eigenvalue weighted by Gasteiger charge is -2.31. The second kappa shape index (κ2) is 8.26. The average molecular weight is 242 g/mol. The summed E-state index contributed by atoms with van der Waals surface area (Å²) in [5, 5.41) is 0. The van der Waals surface area contributed by atoms with E-state index in [0.717, 1.165) is 38.5 Å². The van der Waals surface area contributed by atoms with Gasteiger partial charge in [0.2, 0.25) is 0 Å². The van der Waals surface area contributed by atoms with E-state index in [9.17, 15) is 9.59 Å². The molecule has 0 saturated carbocycles. The summed E-state index contributed by atoms with van der Waals surface area (Å²) in [4.78, 5) is 22.5. The monoisotopic (exact) mass is 242 g/mol. The summed E-state index contributed by atoms with van der Waals surface area (Å²) in [6.07, 6.45) is 5.82. The molecular weight excluding hydrogens is 216 g/mol. The van der Waals surface area contributed by atoms with Gasteiger partial charge in [-0.3, -0.25) is 9.59 Å². The van der Waals surface area contributed by atoms with Gasteiger partial charge in [-0.25, -0.2) is 0 Å². The average Bonchev–Trinajstić information content (AvgIpc) is 2.27. The van der Waals surface area contributed by atoms with Crippen molar-refractivity contribution in [3.63, 3.8) is 0 Å². The molecule has 0 saturated heterocycles. The van der Waals surface area contributed by atoms with E-state index in [1.54, 1.807) is 0 Å². The normalized spacial score (nSPS) is 11.3. The maximum absolute atomic E-state index is 11.6. The Balaban J connectivity index is 4.37. The molecule has 0 aliphatic carbocycles. The molecule has 0 amide bonds. The van der Waals surface area contributed by atoms with E-state index >= 15 is 0 Å². The van der Waals surface area contributed by atoms with Crippen LogP contribution in [0.15, 0.2) is 0 Å². The van der Waals surface area contributed by atoms with Crippen LogP contribution < -0.4 is 0 Å². The lowest BCUT2D eigenvalue weighted by molar-refractivity contribution is -0.162. The molecule has 0 bridgehead atoms. The summed E-state index contributed by atoms with van der Waals surface area (Å²) >= 11 is 0. The molecule has 0 N–H and O–H groups in total. The van der Waals surface area contributed by atoms with E-state index in [-0.39, 0.29) is 23.8 Å². The van der Waals surface area contributed by atoms with Gasteiger partial charge in [-0.2, -0.15) is 0 Å². The third-order valence-electron chi connectivity index (χ3n) is 3.25. The summed E-state index contributed by atoms with van der Waals surface area (Å²) < 4.78 is 5.53. The van der Waals surface area contributed by atoms with Crippen molar-refractivity contribution >= 4 is 11.8 Å². The fraction of sp³-hybridized carbons (Fsp3) is 0.857. The van der Waals surface area contributed by atoms with Crippen molar-refractivity contribution in [3.05, 3.63) is 0 Å². The summed E-state index contributed by atoms with van der Waals surface area (Å²) in [5.74, 6) is -0.512. The Labute approximate surface area is 105 Å². The zero-order chi connectivity index (χ0) is 13.3. The van der Waals surface area contributed by atoms with Gasteiger partial charge in [-0.05, 0) is 32.6 Å². The van der Waals surface area contributed by atoms with Crippen molar-refractivity contribution in [3.8, 4) is 0 Å². The third-order valence-corrected chi connectivity index (χ3v) is 3.25. The number of Topliss-reactive ketones (excluding diaryl/α,β-unsaturated/α-hetero) is 1. The zero-order valence-corrected chi connectivity index (χ0v) is 11.7. The molecular formula is C14H26O3. The Morgan fingerprint density at radius 1 is 1.06 bits per heavy atom. The molecule has 0 radical (unpaired) electrons. The minimum atomic E-state index is -0.377. The number of unbranched alkanes of at least 4 members (excludes halogenated alkanes) is 2. The number of esters is 1. The molecule has 0 heterocycles. The first-order valence-electron chi connectivity index (χ1n) is 6.71. The van der Waals surface area contributed by atoms with Gasteiger partial charge in [0.15, 0.2) is 0 Å². The lowest BCUT2D eigenvalue weighted by atomic mass is 9.90. The van der Waals surface area contributed by atoms with Crippen LogP contribution in [0.5, 0.6) is 0 Å². The topological polar surface area (TPSA) is 43.4 Å². The van der Waals surface area contributed by atoms with Gasteiger partial charge in [0.05, 0.1) is 0 Å². The fourth-order valence-corrected chi connectivity index (χ4v) is 1.98. The van der Waals surface area contributed by atoms with Crippen LogP contribution in [0.2, 0.25) is 0 Å². The Bertz CT molecular complexity index is 242. The van der Waals surface area contributed by atoms with Gasteiger partial charge in [0, 0.05) is 0 Å². The zero-order valence-electron chi connectivity index (χ0n) is 11.7. The van der Waals surface area contributed by atoms with E-state index in [0.29, 0.717) is 0 Å². The van der Waals surface area contributed by atoms with Crippen molar-refractivity contribution in [2.24, 2.45) is 0 Å². The van der Waals surface area contributed by atoms with E-state index in [1.165, 1.54) is 6.92 Å². The SMILES string of the molecule is CCCCCC(CC)(CC)OC(=O)CC(C)=O. The van der Waals surface area contributed by atoms with Gasteiger partial charge in [0.1, 0.15) is 17.8 Å². The molecule has 3 nitrogen and oxygen atoms in total. The van der Waals surface area contributed by atoms with Crippen LogP contribution >= 0.6 is 0 Å². The molecule has 0 atom stereocenters. The fourth-order valence-electron chi connectivity index (χ4n) is 1.98. The Morgan fingerprint density at radius 3 is 2.06 bits per heavy atom. The van der Waals surface area contributed by atoms with Crippen molar-refractivity contribution in [2.75, 3.05) is 0 Å². The summed E-state index contributed by atoms with van der Waals surface area (Å²) in [7, 11) is 0. The molecule has 0 spiro atoms. The first-order valence-corrected chi connectivity index (χ1v) is 6.71. The van der Waals surface area contributed by atoms with Crippen LogP contribution in [0.25, 0.3) is 0 Å². The van der Waals surface area contributed by atoms with E-state index in [1.807, 2.05) is 13.8 Å². The molecule has 0 aromatic carbocycles. The molecule has 0 unspecified atom stereocenters. The number of hydrogen-bond donors (Lipinski definition) is 0. The molecule has 0 rings (SSSR count). The summed E-state index contributed by atoms with van der Waals surface area (Å²) in [5.41, 5.74) is -0.359. The largest absolute Gasteiger partial charge is 0.459 e. The number of rotatable bonds is 9. The Hall–Kier alpha value is -0.860. The lowest BCUT2D eigenvalue weighted by Crippen LogP contribution is -2.34. The molecule has 100 valence electrons. The van der Waals surface area contributed by atoms with Gasteiger partial charge in [-0.1, -0.05) is 33.6 Å². The highest BCUT2D eigenvalue weighted by Gasteiger charge is 2.30. The third kappa shape index (κ3) is 6.44. The quantitative estimate of drug-likeness (QED) is 0.352. The summed E-state index contributed by atoms with van der Waals surface area (Å²) in [6, 6.07) is 0. The second-order valence-electron chi connectivity index (χ2n) is 4.70. The Morgan fingerprint density at radius 2 is 1.65 bits per heavy atom. The Kier molecular flexibility index (Phi) is 7.85. The number of carbonyl (C=O) groups is 2. The highest BCUT2D eigenvalue weighted by atomic mass is 16.6. The van der Waals surface area contributed by atoms with Crippen LogP contribution in [0.3, 0.4) is 0 Å². The van der Waals surface area contributed by atoms with Crippen LogP contribution in [0.4, 0.5) is 0 Å². The number of ketones is 1. The highest BCUT2D eigenvalue weighted by molar-refractivity contribution is 5.94. The van der Waals surface area contributed by atoms with E-state index in [2.05, 4.69) is 6.92 Å². The molecule has 17 heavy (non-hydrogen) atoms.